The number of hydrogen-bond donors (Lipinski definition) is 1. The van der Waals surface area contributed by atoms with Gasteiger partial charge in [0.15, 0.2) is 0 Å². The first kappa shape index (κ1) is 13.5. The van der Waals surface area contributed by atoms with Crippen LogP contribution in [-0.2, 0) is 30.8 Å². The molecule has 2 aromatic rings. The topological polar surface area (TPSA) is 21.3 Å². The molecule has 1 aromatic carbocycles. The summed E-state index contributed by atoms with van der Waals surface area (Å²) in [4.78, 5) is 3.08. The summed E-state index contributed by atoms with van der Waals surface area (Å²) in [6.45, 7) is 4.71. The molecule has 2 nitrogen and oxygen atoms in total. The fraction of sp³-hybridized carbons (Fsp3) is 0.444. The Morgan fingerprint density at radius 2 is 2.05 bits per heavy atom. The van der Waals surface area contributed by atoms with E-state index >= 15 is 0 Å². The van der Waals surface area contributed by atoms with Crippen LogP contribution >= 0.6 is 11.3 Å². The molecular weight excluding hydrogens is 278 g/mol. The van der Waals surface area contributed by atoms with Crippen LogP contribution < -0.4 is 5.32 Å². The summed E-state index contributed by atoms with van der Waals surface area (Å²) >= 11 is 2.00. The normalized spacial score (nSPS) is 17.8. The first-order chi connectivity index (χ1) is 10.3. The lowest BCUT2D eigenvalue weighted by atomic mass is 9.99. The van der Waals surface area contributed by atoms with Gasteiger partial charge in [0.2, 0.25) is 0 Å². The zero-order chi connectivity index (χ0) is 14.2. The predicted molar refractivity (Wildman–Crippen MR) is 86.8 cm³/mol. The lowest BCUT2D eigenvalue weighted by Crippen LogP contribution is -2.21. The summed E-state index contributed by atoms with van der Waals surface area (Å²) in [6.07, 6.45) is 3.88. The second-order valence-electron chi connectivity index (χ2n) is 5.96. The Labute approximate surface area is 130 Å². The number of nitrogens with one attached hydrogen (secondary N) is 1. The number of hydrogen-bond acceptors (Lipinski definition) is 3. The average Bonchev–Trinajstić information content (AvgIpc) is 3.18. The summed E-state index contributed by atoms with van der Waals surface area (Å²) < 4.78 is 5.55. The van der Waals surface area contributed by atoms with Gasteiger partial charge in [-0.3, -0.25) is 0 Å². The van der Waals surface area contributed by atoms with Gasteiger partial charge in [0.05, 0.1) is 19.3 Å². The van der Waals surface area contributed by atoms with Crippen molar-refractivity contribution in [1.29, 1.82) is 0 Å². The molecule has 21 heavy (non-hydrogen) atoms. The van der Waals surface area contributed by atoms with Gasteiger partial charge in [-0.1, -0.05) is 25.1 Å². The van der Waals surface area contributed by atoms with Crippen LogP contribution in [0.1, 0.15) is 51.4 Å². The first-order valence-corrected chi connectivity index (χ1v) is 8.71. The fourth-order valence-corrected chi connectivity index (χ4v) is 4.81. The van der Waals surface area contributed by atoms with Crippen LogP contribution in [0, 0.1) is 0 Å². The Bertz CT molecular complexity index is 640. The van der Waals surface area contributed by atoms with Crippen molar-refractivity contribution >= 4 is 11.3 Å². The highest BCUT2D eigenvalue weighted by Crippen LogP contribution is 2.37. The van der Waals surface area contributed by atoms with Crippen LogP contribution in [-0.4, -0.2) is 6.54 Å². The minimum atomic E-state index is 0.330. The first-order valence-electron chi connectivity index (χ1n) is 7.89. The second-order valence-corrected chi connectivity index (χ2v) is 7.13. The van der Waals surface area contributed by atoms with E-state index in [1.54, 1.807) is 10.4 Å². The smallest absolute Gasteiger partial charge is 0.0725 e. The summed E-state index contributed by atoms with van der Waals surface area (Å²) in [7, 11) is 0. The van der Waals surface area contributed by atoms with Crippen LogP contribution in [0.5, 0.6) is 0 Å². The molecule has 1 N–H and O–H groups in total. The van der Waals surface area contributed by atoms with E-state index in [0.717, 1.165) is 19.8 Å². The van der Waals surface area contributed by atoms with Gasteiger partial charge in [0.1, 0.15) is 0 Å². The summed E-state index contributed by atoms with van der Waals surface area (Å²) in [5, 5.41) is 3.66. The van der Waals surface area contributed by atoms with Crippen LogP contribution in [0.25, 0.3) is 0 Å². The number of ether oxygens (including phenoxy) is 1. The summed E-state index contributed by atoms with van der Waals surface area (Å²) in [5.74, 6) is 0. The Morgan fingerprint density at radius 3 is 2.90 bits per heavy atom. The molecule has 110 valence electrons. The molecule has 1 aliphatic heterocycles. The molecule has 0 saturated heterocycles. The van der Waals surface area contributed by atoms with Crippen molar-refractivity contribution in [2.45, 2.75) is 45.4 Å². The largest absolute Gasteiger partial charge is 0.372 e. The SMILES string of the molecule is CCNC(c1ccc2c(c1)COC2)c1cc2c(s1)CCC2. The van der Waals surface area contributed by atoms with Gasteiger partial charge in [-0.05, 0) is 54.1 Å². The molecule has 4 rings (SSSR count). The lowest BCUT2D eigenvalue weighted by molar-refractivity contribution is 0.134. The van der Waals surface area contributed by atoms with Crippen molar-refractivity contribution < 1.29 is 4.74 Å². The molecule has 0 bridgehead atoms. The quantitative estimate of drug-likeness (QED) is 0.922. The number of aryl methyl sites for hydroxylation is 2. The van der Waals surface area contributed by atoms with E-state index in [9.17, 15) is 0 Å². The van der Waals surface area contributed by atoms with E-state index in [0.29, 0.717) is 6.04 Å². The van der Waals surface area contributed by atoms with E-state index in [1.807, 2.05) is 11.3 Å². The van der Waals surface area contributed by atoms with Gasteiger partial charge < -0.3 is 10.1 Å². The molecule has 1 unspecified atom stereocenters. The average molecular weight is 299 g/mol. The molecule has 2 heterocycles. The van der Waals surface area contributed by atoms with Crippen LogP contribution in [0.4, 0.5) is 0 Å². The van der Waals surface area contributed by atoms with E-state index in [1.165, 1.54) is 40.8 Å². The molecule has 1 aromatic heterocycles. The van der Waals surface area contributed by atoms with E-state index < -0.39 is 0 Å². The Morgan fingerprint density at radius 1 is 1.14 bits per heavy atom. The van der Waals surface area contributed by atoms with Gasteiger partial charge in [-0.15, -0.1) is 11.3 Å². The van der Waals surface area contributed by atoms with Gasteiger partial charge in [0.25, 0.3) is 0 Å². The van der Waals surface area contributed by atoms with Crippen molar-refractivity contribution in [1.82, 2.24) is 5.32 Å². The molecule has 1 atom stereocenters. The number of rotatable bonds is 4. The minimum absolute atomic E-state index is 0.330. The number of fused-ring (bicyclic) bond motifs is 2. The highest BCUT2D eigenvalue weighted by molar-refractivity contribution is 7.12. The van der Waals surface area contributed by atoms with Gasteiger partial charge >= 0.3 is 0 Å². The molecule has 1 aliphatic carbocycles. The highest BCUT2D eigenvalue weighted by Gasteiger charge is 2.22. The zero-order valence-electron chi connectivity index (χ0n) is 12.4. The maximum Gasteiger partial charge on any atom is 0.0725 e. The van der Waals surface area contributed by atoms with Gasteiger partial charge in [-0.2, -0.15) is 0 Å². The predicted octanol–water partition coefficient (Wildman–Crippen LogP) is 3.97. The highest BCUT2D eigenvalue weighted by atomic mass is 32.1. The molecule has 0 fully saturated rings. The van der Waals surface area contributed by atoms with Crippen LogP contribution in [0.2, 0.25) is 0 Å². The molecule has 2 aliphatic rings. The van der Waals surface area contributed by atoms with Crippen molar-refractivity contribution in [3.8, 4) is 0 Å². The molecule has 0 radical (unpaired) electrons. The van der Waals surface area contributed by atoms with Crippen LogP contribution in [0.15, 0.2) is 24.3 Å². The molecule has 0 spiro atoms. The maximum absolute atomic E-state index is 5.55. The van der Waals surface area contributed by atoms with E-state index in [4.69, 9.17) is 4.74 Å². The maximum atomic E-state index is 5.55. The summed E-state index contributed by atoms with van der Waals surface area (Å²) in [5.41, 5.74) is 5.67. The Kier molecular flexibility index (Phi) is 3.57. The van der Waals surface area contributed by atoms with E-state index in [2.05, 4.69) is 36.5 Å². The third-order valence-corrected chi connectivity index (χ3v) is 5.84. The zero-order valence-corrected chi connectivity index (χ0v) is 13.3. The summed E-state index contributed by atoms with van der Waals surface area (Å²) in [6, 6.07) is 9.61. The van der Waals surface area contributed by atoms with Crippen molar-refractivity contribution in [3.63, 3.8) is 0 Å². The fourth-order valence-electron chi connectivity index (χ4n) is 3.45. The van der Waals surface area contributed by atoms with Crippen molar-refractivity contribution in [2.24, 2.45) is 0 Å². The minimum Gasteiger partial charge on any atom is -0.372 e. The van der Waals surface area contributed by atoms with Gasteiger partial charge in [0, 0.05) is 9.75 Å². The lowest BCUT2D eigenvalue weighted by Gasteiger charge is -2.18. The molecular formula is C18H21NOS. The number of benzene rings is 1. The molecule has 3 heteroatoms. The third kappa shape index (κ3) is 2.44. The van der Waals surface area contributed by atoms with Crippen LogP contribution in [0.3, 0.4) is 0 Å². The Hall–Kier alpha value is -1.16. The Balaban J connectivity index is 1.70. The van der Waals surface area contributed by atoms with Gasteiger partial charge in [-0.25, -0.2) is 0 Å². The monoisotopic (exact) mass is 299 g/mol. The number of thiophene rings is 1. The van der Waals surface area contributed by atoms with Crippen molar-refractivity contribution in [2.75, 3.05) is 6.54 Å². The third-order valence-electron chi connectivity index (χ3n) is 4.54. The molecule has 0 amide bonds. The van der Waals surface area contributed by atoms with Crippen molar-refractivity contribution in [3.05, 3.63) is 56.3 Å². The van der Waals surface area contributed by atoms with E-state index in [-0.39, 0.29) is 0 Å². The standard InChI is InChI=1S/C18H21NOS/c1-2-19-18(17-9-12-4-3-5-16(12)21-17)13-6-7-14-10-20-11-15(14)8-13/h6-9,18-19H,2-5,10-11H2,1H3. The second kappa shape index (κ2) is 5.56. The molecule has 0 saturated carbocycles.